The van der Waals surface area contributed by atoms with Crippen molar-refractivity contribution >= 4 is 11.6 Å². The van der Waals surface area contributed by atoms with Crippen LogP contribution in [0.25, 0.3) is 0 Å². The Morgan fingerprint density at radius 1 is 1.37 bits per heavy atom. The van der Waals surface area contributed by atoms with Gasteiger partial charge in [-0.3, -0.25) is 4.90 Å². The molecule has 0 saturated heterocycles. The molecule has 0 amide bonds. The predicted octanol–water partition coefficient (Wildman–Crippen LogP) is 3.47. The zero-order valence-corrected chi connectivity index (χ0v) is 13.1. The second-order valence-electron chi connectivity index (χ2n) is 4.94. The van der Waals surface area contributed by atoms with Crippen molar-refractivity contribution < 1.29 is 4.74 Å². The number of rotatable bonds is 7. The molecule has 1 aromatic rings. The molecule has 0 radical (unpaired) electrons. The number of ether oxygens (including phenoxy) is 1. The van der Waals surface area contributed by atoms with Crippen LogP contribution < -0.4 is 10.5 Å². The number of nitrogens with two attached hydrogens (primary N) is 1. The molecule has 3 nitrogen and oxygen atoms in total. The highest BCUT2D eigenvalue weighted by Gasteiger charge is 2.25. The van der Waals surface area contributed by atoms with Crippen LogP contribution in [0.15, 0.2) is 18.2 Å². The summed E-state index contributed by atoms with van der Waals surface area (Å²) in [6, 6.07) is 6.23. The summed E-state index contributed by atoms with van der Waals surface area (Å²) in [5.41, 5.74) is 7.01. The summed E-state index contributed by atoms with van der Waals surface area (Å²) in [5, 5.41) is 0.719. The summed E-state index contributed by atoms with van der Waals surface area (Å²) in [4.78, 5) is 2.38. The summed E-state index contributed by atoms with van der Waals surface area (Å²) in [5.74, 6) is 0.810. The van der Waals surface area contributed by atoms with Crippen LogP contribution in [0.2, 0.25) is 5.02 Å². The van der Waals surface area contributed by atoms with Crippen LogP contribution in [0.5, 0.6) is 5.75 Å². The van der Waals surface area contributed by atoms with Crippen molar-refractivity contribution in [2.24, 2.45) is 5.73 Å². The minimum atomic E-state index is 0.0867. The van der Waals surface area contributed by atoms with Gasteiger partial charge >= 0.3 is 0 Å². The number of methoxy groups -OCH3 is 1. The van der Waals surface area contributed by atoms with E-state index in [9.17, 15) is 0 Å². The second kappa shape index (κ2) is 7.73. The van der Waals surface area contributed by atoms with Gasteiger partial charge in [-0.1, -0.05) is 24.6 Å². The van der Waals surface area contributed by atoms with Gasteiger partial charge in [0.25, 0.3) is 0 Å². The maximum Gasteiger partial charge on any atom is 0.125 e. The van der Waals surface area contributed by atoms with E-state index in [-0.39, 0.29) is 6.04 Å². The molecule has 4 heteroatoms. The van der Waals surface area contributed by atoms with E-state index in [4.69, 9.17) is 22.1 Å². The Labute approximate surface area is 121 Å². The molecule has 1 rings (SSSR count). The molecule has 0 heterocycles. The van der Waals surface area contributed by atoms with Crippen LogP contribution in [0.4, 0.5) is 0 Å². The topological polar surface area (TPSA) is 38.5 Å². The van der Waals surface area contributed by atoms with Crippen molar-refractivity contribution in [2.75, 3.05) is 20.2 Å². The Bertz CT molecular complexity index is 396. The molecule has 0 fully saturated rings. The molecule has 1 aromatic carbocycles. The van der Waals surface area contributed by atoms with E-state index in [1.807, 2.05) is 18.2 Å². The lowest BCUT2D eigenvalue weighted by Crippen LogP contribution is -2.39. The van der Waals surface area contributed by atoms with Crippen LogP contribution in [0, 0.1) is 0 Å². The van der Waals surface area contributed by atoms with Crippen molar-refractivity contribution in [3.8, 4) is 5.75 Å². The molecule has 108 valence electrons. The number of nitrogens with zero attached hydrogens (tertiary/aromatic N) is 1. The van der Waals surface area contributed by atoms with E-state index >= 15 is 0 Å². The first-order chi connectivity index (χ1) is 9.06. The summed E-state index contributed by atoms with van der Waals surface area (Å²) < 4.78 is 5.45. The molecule has 0 aliphatic carbocycles. The number of benzene rings is 1. The average molecular weight is 285 g/mol. The first-order valence-electron chi connectivity index (χ1n) is 6.84. The van der Waals surface area contributed by atoms with Gasteiger partial charge in [-0.15, -0.1) is 0 Å². The zero-order valence-electron chi connectivity index (χ0n) is 12.3. The molecule has 2 N–H and O–H groups in total. The Morgan fingerprint density at radius 2 is 2.05 bits per heavy atom. The number of hydrogen-bond acceptors (Lipinski definition) is 3. The summed E-state index contributed by atoms with van der Waals surface area (Å²) >= 11 is 6.37. The normalized spacial score (nSPS) is 13.1. The number of halogens is 1. The van der Waals surface area contributed by atoms with Gasteiger partial charge < -0.3 is 10.5 Å². The largest absolute Gasteiger partial charge is 0.496 e. The average Bonchev–Trinajstić information content (AvgIpc) is 2.39. The predicted molar refractivity (Wildman–Crippen MR) is 81.9 cm³/mol. The van der Waals surface area contributed by atoms with Crippen molar-refractivity contribution in [3.05, 3.63) is 28.8 Å². The quantitative estimate of drug-likeness (QED) is 0.833. The Morgan fingerprint density at radius 3 is 2.53 bits per heavy atom. The highest BCUT2D eigenvalue weighted by molar-refractivity contribution is 6.31. The van der Waals surface area contributed by atoms with Gasteiger partial charge in [-0.05, 0) is 38.9 Å². The van der Waals surface area contributed by atoms with E-state index in [0.29, 0.717) is 12.6 Å². The van der Waals surface area contributed by atoms with E-state index < -0.39 is 0 Å². The third-order valence-corrected chi connectivity index (χ3v) is 3.66. The lowest BCUT2D eigenvalue weighted by Gasteiger charge is -2.35. The van der Waals surface area contributed by atoms with Crippen molar-refractivity contribution in [1.82, 2.24) is 4.90 Å². The Kier molecular flexibility index (Phi) is 6.63. The fourth-order valence-corrected chi connectivity index (χ4v) is 2.76. The molecule has 0 aliphatic heterocycles. The van der Waals surface area contributed by atoms with E-state index in [0.717, 1.165) is 29.3 Å². The molecule has 0 aliphatic rings. The minimum Gasteiger partial charge on any atom is -0.496 e. The molecule has 1 atom stereocenters. The van der Waals surface area contributed by atoms with Crippen molar-refractivity contribution in [2.45, 2.75) is 39.3 Å². The molecular weight excluding hydrogens is 260 g/mol. The second-order valence-corrected chi connectivity index (χ2v) is 5.35. The van der Waals surface area contributed by atoms with Crippen molar-refractivity contribution in [1.29, 1.82) is 0 Å². The Hall–Kier alpha value is -0.770. The third-order valence-electron chi connectivity index (χ3n) is 3.33. The molecule has 0 spiro atoms. The van der Waals surface area contributed by atoms with Gasteiger partial charge in [0.2, 0.25) is 0 Å². The van der Waals surface area contributed by atoms with E-state index in [1.54, 1.807) is 7.11 Å². The zero-order chi connectivity index (χ0) is 14.4. The maximum atomic E-state index is 6.37. The monoisotopic (exact) mass is 284 g/mol. The first-order valence-corrected chi connectivity index (χ1v) is 7.22. The van der Waals surface area contributed by atoms with Gasteiger partial charge in [0.15, 0.2) is 0 Å². The molecule has 0 saturated carbocycles. The summed E-state index contributed by atoms with van der Waals surface area (Å²) in [6.07, 6.45) is 1.08. The van der Waals surface area contributed by atoms with Crippen LogP contribution >= 0.6 is 11.6 Å². The molecule has 1 unspecified atom stereocenters. The highest BCUT2D eigenvalue weighted by atomic mass is 35.5. The van der Waals surface area contributed by atoms with Crippen LogP contribution in [0.1, 0.15) is 38.8 Å². The van der Waals surface area contributed by atoms with Crippen molar-refractivity contribution in [3.63, 3.8) is 0 Å². The van der Waals surface area contributed by atoms with Gasteiger partial charge in [-0.25, -0.2) is 0 Å². The first kappa shape index (κ1) is 16.3. The fourth-order valence-electron chi connectivity index (χ4n) is 2.47. The lowest BCUT2D eigenvalue weighted by atomic mass is 10.0. The van der Waals surface area contributed by atoms with Crippen LogP contribution in [0.3, 0.4) is 0 Å². The standard InChI is InChI=1S/C15H25ClN2O/c1-5-9-18(11(2)3)13(10-17)15-12(16)7-6-8-14(15)19-4/h6-8,11,13H,5,9-10,17H2,1-4H3. The summed E-state index contributed by atoms with van der Waals surface area (Å²) in [7, 11) is 1.67. The van der Waals surface area contributed by atoms with Crippen LogP contribution in [-0.2, 0) is 0 Å². The molecular formula is C15H25ClN2O. The van der Waals surface area contributed by atoms with Crippen LogP contribution in [-0.4, -0.2) is 31.1 Å². The SMILES string of the molecule is CCCN(C(C)C)C(CN)c1c(Cl)cccc1OC. The van der Waals surface area contributed by atoms with Gasteiger partial charge in [0.1, 0.15) is 5.75 Å². The smallest absolute Gasteiger partial charge is 0.125 e. The van der Waals surface area contributed by atoms with Gasteiger partial charge in [0.05, 0.1) is 13.2 Å². The van der Waals surface area contributed by atoms with E-state index in [2.05, 4.69) is 25.7 Å². The Balaban J connectivity index is 3.21. The molecule has 19 heavy (non-hydrogen) atoms. The minimum absolute atomic E-state index is 0.0867. The van der Waals surface area contributed by atoms with E-state index in [1.165, 1.54) is 0 Å². The third kappa shape index (κ3) is 3.85. The fraction of sp³-hybridized carbons (Fsp3) is 0.600. The molecule has 0 bridgehead atoms. The number of hydrogen-bond donors (Lipinski definition) is 1. The lowest BCUT2D eigenvalue weighted by molar-refractivity contribution is 0.155. The maximum absolute atomic E-state index is 6.37. The highest BCUT2D eigenvalue weighted by Crippen LogP contribution is 2.35. The summed E-state index contributed by atoms with van der Waals surface area (Å²) in [6.45, 7) is 8.06. The van der Waals surface area contributed by atoms with Gasteiger partial charge in [-0.2, -0.15) is 0 Å². The van der Waals surface area contributed by atoms with Gasteiger partial charge in [0, 0.05) is 23.2 Å². The molecule has 0 aromatic heterocycles.